The average Bonchev–Trinajstić information content (AvgIpc) is 3.36. The quantitative estimate of drug-likeness (QED) is 0.309. The van der Waals surface area contributed by atoms with Crippen molar-refractivity contribution in [3.8, 4) is 0 Å². The van der Waals surface area contributed by atoms with Crippen LogP contribution in [0.2, 0.25) is 0 Å². The fraction of sp³-hybridized carbons (Fsp3) is 0.458. The molecule has 0 atom stereocenters. The van der Waals surface area contributed by atoms with Crippen molar-refractivity contribution in [2.45, 2.75) is 60.4 Å². The second kappa shape index (κ2) is 14.5. The highest BCUT2D eigenvalue weighted by Crippen LogP contribution is 2.24. The zero-order valence-corrected chi connectivity index (χ0v) is 20.1. The molecule has 0 saturated carbocycles. The molecule has 0 radical (unpaired) electrons. The number of anilines is 1. The second-order valence-electron chi connectivity index (χ2n) is 7.09. The van der Waals surface area contributed by atoms with Crippen LogP contribution in [0, 0.1) is 12.3 Å². The summed E-state index contributed by atoms with van der Waals surface area (Å²) in [6.07, 6.45) is 11.5. The van der Waals surface area contributed by atoms with Crippen molar-refractivity contribution in [2.75, 3.05) is 18.0 Å². The van der Waals surface area contributed by atoms with E-state index in [2.05, 4.69) is 10.3 Å². The fourth-order valence-corrected chi connectivity index (χ4v) is 4.07. The Labute approximate surface area is 189 Å². The maximum atomic E-state index is 11.7. The predicted octanol–water partition coefficient (Wildman–Crippen LogP) is 6.59. The van der Waals surface area contributed by atoms with Crippen molar-refractivity contribution in [1.82, 2.24) is 9.55 Å². The molecule has 0 amide bonds. The summed E-state index contributed by atoms with van der Waals surface area (Å²) in [5.41, 5.74) is 3.62. The Hall–Kier alpha value is -2.54. The molecule has 0 spiro atoms. The van der Waals surface area contributed by atoms with Crippen LogP contribution in [-0.4, -0.2) is 34.9 Å². The van der Waals surface area contributed by atoms with Gasteiger partial charge in [0.15, 0.2) is 11.4 Å². The van der Waals surface area contributed by atoms with Crippen LogP contribution in [0.5, 0.6) is 0 Å². The van der Waals surface area contributed by atoms with Crippen LogP contribution in [0.4, 0.5) is 9.52 Å². The van der Waals surface area contributed by atoms with E-state index >= 15 is 0 Å². The molecule has 1 fully saturated rings. The number of carbonyl (C=O) groups is 1. The Morgan fingerprint density at radius 3 is 2.55 bits per heavy atom. The van der Waals surface area contributed by atoms with Gasteiger partial charge in [-0.3, -0.25) is 10.2 Å². The van der Waals surface area contributed by atoms with Crippen LogP contribution in [0.25, 0.3) is 0 Å². The smallest absolute Gasteiger partial charge is 0.205 e. The highest BCUT2D eigenvalue weighted by Gasteiger charge is 2.14. The molecule has 3 heterocycles. The third-order valence-electron chi connectivity index (χ3n) is 4.47. The lowest BCUT2D eigenvalue weighted by molar-refractivity contribution is 0.111. The number of rotatable bonds is 6. The molecule has 2 aromatic rings. The molecule has 1 aliphatic heterocycles. The van der Waals surface area contributed by atoms with Gasteiger partial charge in [-0.2, -0.15) is 4.39 Å². The summed E-state index contributed by atoms with van der Waals surface area (Å²) in [7, 11) is 0. The molecule has 0 bridgehead atoms. The van der Waals surface area contributed by atoms with E-state index < -0.39 is 5.97 Å². The van der Waals surface area contributed by atoms with Crippen molar-refractivity contribution in [3.05, 3.63) is 58.4 Å². The zero-order valence-electron chi connectivity index (χ0n) is 19.3. The summed E-state index contributed by atoms with van der Waals surface area (Å²) < 4.78 is 13.7. The van der Waals surface area contributed by atoms with Gasteiger partial charge < -0.3 is 9.47 Å². The summed E-state index contributed by atoms with van der Waals surface area (Å²) in [5.74, 6) is -0.898. The van der Waals surface area contributed by atoms with Crippen LogP contribution in [0.1, 0.15) is 68.7 Å². The highest BCUT2D eigenvalue weighted by atomic mass is 32.1. The first-order chi connectivity index (χ1) is 14.9. The molecule has 0 aromatic carbocycles. The standard InChI is InChI=1S/C15H19N3OS.C7H10FN.C2H6/c1-12-7-14(10-19)18(8-12)9-13-11-20-15(16-13)17-5-3-2-4-6-17;1-3-4-6(2)5-7(8)9;1-2/h7-8,10-11H,2-6,9H2,1H3;3-5,9H,1-2H3;1-2H3/b;4-3-,6-5-,9-7?;. The first-order valence-corrected chi connectivity index (χ1v) is 11.7. The summed E-state index contributed by atoms with van der Waals surface area (Å²) in [6.45, 7) is 12.5. The van der Waals surface area contributed by atoms with Crippen molar-refractivity contribution < 1.29 is 9.18 Å². The second-order valence-corrected chi connectivity index (χ2v) is 7.93. The fourth-order valence-electron chi connectivity index (χ4n) is 3.20. The van der Waals surface area contributed by atoms with Gasteiger partial charge in [-0.05, 0) is 63.3 Å². The van der Waals surface area contributed by atoms with Crippen LogP contribution in [0.3, 0.4) is 0 Å². The summed E-state index contributed by atoms with van der Waals surface area (Å²) in [4.78, 5) is 18.1. The van der Waals surface area contributed by atoms with Gasteiger partial charge in [0.25, 0.3) is 0 Å². The molecule has 5 nitrogen and oxygen atoms in total. The molecule has 0 aliphatic carbocycles. The number of hydrogen-bond acceptors (Lipinski definition) is 5. The molecule has 0 unspecified atom stereocenters. The van der Waals surface area contributed by atoms with E-state index in [1.54, 1.807) is 30.4 Å². The number of halogens is 1. The minimum Gasteiger partial charge on any atom is -0.348 e. The number of aldehydes is 1. The van der Waals surface area contributed by atoms with Crippen LogP contribution < -0.4 is 4.90 Å². The largest absolute Gasteiger partial charge is 0.348 e. The number of aromatic nitrogens is 2. The molecule has 7 heteroatoms. The van der Waals surface area contributed by atoms with Gasteiger partial charge in [0.05, 0.1) is 17.9 Å². The lowest BCUT2D eigenvalue weighted by Gasteiger charge is -2.25. The van der Waals surface area contributed by atoms with E-state index in [9.17, 15) is 9.18 Å². The summed E-state index contributed by atoms with van der Waals surface area (Å²) in [6, 6.07) is 1.91. The van der Waals surface area contributed by atoms with Crippen LogP contribution >= 0.6 is 11.3 Å². The zero-order chi connectivity index (χ0) is 23.2. The van der Waals surface area contributed by atoms with Crippen molar-refractivity contribution in [1.29, 1.82) is 5.41 Å². The topological polar surface area (TPSA) is 62.0 Å². The predicted molar refractivity (Wildman–Crippen MR) is 131 cm³/mol. The van der Waals surface area contributed by atoms with Gasteiger partial charge in [0.1, 0.15) is 0 Å². The Morgan fingerprint density at radius 2 is 1.97 bits per heavy atom. The maximum Gasteiger partial charge on any atom is 0.205 e. The number of carbonyl (C=O) groups excluding carboxylic acids is 1. The van der Waals surface area contributed by atoms with E-state index in [0.29, 0.717) is 6.54 Å². The number of nitrogens with one attached hydrogen (secondary N) is 1. The van der Waals surface area contributed by atoms with E-state index in [0.717, 1.165) is 47.0 Å². The van der Waals surface area contributed by atoms with Gasteiger partial charge in [-0.25, -0.2) is 4.98 Å². The van der Waals surface area contributed by atoms with Gasteiger partial charge in [0, 0.05) is 24.7 Å². The summed E-state index contributed by atoms with van der Waals surface area (Å²) >= 11 is 1.71. The third kappa shape index (κ3) is 9.42. The minimum absolute atomic E-state index is 0.673. The van der Waals surface area contributed by atoms with E-state index in [1.807, 2.05) is 44.5 Å². The Balaban J connectivity index is 0.000000372. The van der Waals surface area contributed by atoms with Gasteiger partial charge in [0.2, 0.25) is 5.97 Å². The maximum absolute atomic E-state index is 11.7. The third-order valence-corrected chi connectivity index (χ3v) is 5.42. The molecule has 1 N–H and O–H groups in total. The lowest BCUT2D eigenvalue weighted by Crippen LogP contribution is -2.29. The molecule has 1 saturated heterocycles. The number of aryl methyl sites for hydroxylation is 1. The van der Waals surface area contributed by atoms with Gasteiger partial charge in [-0.1, -0.05) is 26.0 Å². The van der Waals surface area contributed by atoms with E-state index in [-0.39, 0.29) is 0 Å². The first kappa shape index (κ1) is 26.5. The van der Waals surface area contributed by atoms with Crippen molar-refractivity contribution in [3.63, 3.8) is 0 Å². The SMILES string of the molecule is C/C=C\C(C)=C/C(=N)F.CC.Cc1cc(C=O)n(Cc2csc(N3CCCCC3)n2)c1. The molecule has 170 valence electrons. The monoisotopic (exact) mass is 446 g/mol. The first-order valence-electron chi connectivity index (χ1n) is 10.8. The Morgan fingerprint density at radius 1 is 1.29 bits per heavy atom. The summed E-state index contributed by atoms with van der Waals surface area (Å²) in [5, 5.41) is 9.65. The average molecular weight is 447 g/mol. The Kier molecular flexibility index (Phi) is 12.4. The molecule has 1 aliphatic rings. The molecular formula is C24H35FN4OS. The lowest BCUT2D eigenvalue weighted by atomic mass is 10.1. The number of nitrogens with zero attached hydrogens (tertiary/aromatic N) is 3. The van der Waals surface area contributed by atoms with Crippen molar-refractivity contribution >= 4 is 28.7 Å². The van der Waals surface area contributed by atoms with Crippen LogP contribution in [0.15, 0.2) is 41.4 Å². The number of hydrogen-bond donors (Lipinski definition) is 1. The normalized spacial score (nSPS) is 13.9. The molecule has 2 aromatic heterocycles. The molecular weight excluding hydrogens is 411 g/mol. The van der Waals surface area contributed by atoms with Crippen LogP contribution in [-0.2, 0) is 6.54 Å². The molecule has 3 rings (SSSR count). The van der Waals surface area contributed by atoms with Crippen molar-refractivity contribution in [2.24, 2.45) is 0 Å². The minimum atomic E-state index is -0.898. The van der Waals surface area contributed by atoms with E-state index in [4.69, 9.17) is 10.4 Å². The number of piperidine rings is 1. The Bertz CT molecular complexity index is 876. The number of allylic oxidation sites excluding steroid dienone is 4. The van der Waals surface area contributed by atoms with Gasteiger partial charge >= 0.3 is 0 Å². The molecule has 31 heavy (non-hydrogen) atoms. The highest BCUT2D eigenvalue weighted by molar-refractivity contribution is 7.13. The van der Waals surface area contributed by atoms with Gasteiger partial charge in [-0.15, -0.1) is 11.3 Å². The van der Waals surface area contributed by atoms with E-state index in [1.165, 1.54) is 25.3 Å². The number of thiazole rings is 1.